The van der Waals surface area contributed by atoms with Crippen LogP contribution < -0.4 is 25.0 Å². The highest BCUT2D eigenvalue weighted by Crippen LogP contribution is 2.39. The Kier molecular flexibility index (Phi) is 10.7. The fourth-order valence-corrected chi connectivity index (χ4v) is 5.77. The Morgan fingerprint density at radius 3 is 3.00 bits per heavy atom. The highest BCUT2D eigenvalue weighted by atomic mass is 16.5. The molecule has 3 N–H and O–H groups in total. The van der Waals surface area contributed by atoms with Crippen molar-refractivity contribution in [1.29, 1.82) is 5.41 Å². The zero-order chi connectivity index (χ0) is 31.6. The van der Waals surface area contributed by atoms with E-state index in [0.717, 1.165) is 61.5 Å². The van der Waals surface area contributed by atoms with Crippen LogP contribution in [0.3, 0.4) is 0 Å². The van der Waals surface area contributed by atoms with Gasteiger partial charge in [-0.05, 0) is 81.1 Å². The number of benzene rings is 1. The minimum Gasteiger partial charge on any atom is -0.489 e. The van der Waals surface area contributed by atoms with Gasteiger partial charge in [0.1, 0.15) is 29.7 Å². The molecule has 1 saturated heterocycles. The van der Waals surface area contributed by atoms with Gasteiger partial charge in [-0.25, -0.2) is 19.9 Å². The number of carbonyl (C=O) groups excluding carboxylic acids is 1. The van der Waals surface area contributed by atoms with Crippen molar-refractivity contribution in [1.82, 2.24) is 20.3 Å². The first kappa shape index (κ1) is 31.5. The van der Waals surface area contributed by atoms with Gasteiger partial charge >= 0.3 is 0 Å². The number of anilines is 3. The van der Waals surface area contributed by atoms with E-state index in [1.807, 2.05) is 44.3 Å². The number of aryl methyl sites for hydroxylation is 1. The van der Waals surface area contributed by atoms with Crippen molar-refractivity contribution in [3.63, 3.8) is 0 Å². The number of ether oxygens (including phenoxy) is 2. The average Bonchev–Trinajstić information content (AvgIpc) is 3.35. The number of fused-ring (bicyclic) bond motifs is 5. The lowest BCUT2D eigenvalue weighted by Crippen LogP contribution is -2.31. The summed E-state index contributed by atoms with van der Waals surface area (Å²) < 4.78 is 12.3. The van der Waals surface area contributed by atoms with Crippen molar-refractivity contribution in [3.05, 3.63) is 72.8 Å². The predicted octanol–water partition coefficient (Wildman–Crippen LogP) is 5.55. The zero-order valence-corrected chi connectivity index (χ0v) is 25.8. The fraction of sp³-hybridized carbons (Fsp3) is 0.353. The second kappa shape index (κ2) is 15.2. The highest BCUT2D eigenvalue weighted by Gasteiger charge is 2.33. The molecule has 1 unspecified atom stereocenters. The van der Waals surface area contributed by atoms with Gasteiger partial charge in [-0.2, -0.15) is 0 Å². The Hall–Kier alpha value is -4.90. The van der Waals surface area contributed by atoms with Gasteiger partial charge in [0.2, 0.25) is 0 Å². The summed E-state index contributed by atoms with van der Waals surface area (Å²) in [7, 11) is 1.87. The standard InChI is InChI=1S/C34H40N8O3/c1-4-28(13-15-37-21-35)45-30-12-10-26(17-23(30)2)40-33-32-29(38-22-39-33)18-31-34(41-32)42-16-6-7-24(25(19-42)20-44-31)9-11-27(43)8-5-14-36-3/h4-5,8,10,12-13,15,17-18,21-22,24-25,35-36H,1,6-7,9,11,14,16,19-20H2,2-3H3,(H,38,39,40)/b8-5+,28-13+,35-21?,37-15?/t24?,25-/m0/s1. The third kappa shape index (κ3) is 7.98. The molecule has 11 heteroatoms. The number of aromatic nitrogens is 3. The number of nitrogens with one attached hydrogen (secondary N) is 3. The van der Waals surface area contributed by atoms with Crippen LogP contribution in [0.25, 0.3) is 11.0 Å². The Morgan fingerprint density at radius 1 is 1.31 bits per heavy atom. The van der Waals surface area contributed by atoms with Crippen molar-refractivity contribution >= 4 is 46.7 Å². The maximum absolute atomic E-state index is 12.4. The van der Waals surface area contributed by atoms with E-state index < -0.39 is 0 Å². The molecule has 45 heavy (non-hydrogen) atoms. The first-order valence-corrected chi connectivity index (χ1v) is 15.3. The molecular formula is C34H40N8O3. The summed E-state index contributed by atoms with van der Waals surface area (Å²) in [6.45, 7) is 8.75. The SMILES string of the molecule is C=C/C(=C\C=NC=N)Oc1ccc(Nc2ncnc3cc4c(nc23)N2CCCC(CCC(=O)/C=C/CNC)[C@H](CO4)C2)cc1C. The molecule has 2 aliphatic rings. The number of ketones is 1. The van der Waals surface area contributed by atoms with Crippen molar-refractivity contribution < 1.29 is 14.3 Å². The van der Waals surface area contributed by atoms with E-state index in [2.05, 4.69) is 37.1 Å². The van der Waals surface area contributed by atoms with Crippen LogP contribution >= 0.6 is 0 Å². The lowest BCUT2D eigenvalue weighted by molar-refractivity contribution is -0.115. The van der Waals surface area contributed by atoms with E-state index in [9.17, 15) is 4.79 Å². The van der Waals surface area contributed by atoms with E-state index in [4.69, 9.17) is 19.9 Å². The van der Waals surface area contributed by atoms with Crippen LogP contribution in [0.2, 0.25) is 0 Å². The van der Waals surface area contributed by atoms with Gasteiger partial charge in [-0.3, -0.25) is 10.2 Å². The first-order valence-electron chi connectivity index (χ1n) is 15.3. The van der Waals surface area contributed by atoms with Crippen LogP contribution in [0.4, 0.5) is 17.3 Å². The van der Waals surface area contributed by atoms with Gasteiger partial charge < -0.3 is 25.0 Å². The molecule has 0 spiro atoms. The number of allylic oxidation sites excluding steroid dienone is 3. The summed E-state index contributed by atoms with van der Waals surface area (Å²) in [4.78, 5) is 32.6. The van der Waals surface area contributed by atoms with E-state index in [-0.39, 0.29) is 5.78 Å². The predicted molar refractivity (Wildman–Crippen MR) is 179 cm³/mol. The molecule has 2 aromatic heterocycles. The number of hydrogen-bond donors (Lipinski definition) is 3. The smallest absolute Gasteiger partial charge is 0.172 e. The van der Waals surface area contributed by atoms with Gasteiger partial charge in [0.05, 0.1) is 12.1 Å². The third-order valence-electron chi connectivity index (χ3n) is 8.09. The minimum absolute atomic E-state index is 0.177. The monoisotopic (exact) mass is 608 g/mol. The minimum atomic E-state index is 0.177. The number of nitrogens with zero attached hydrogens (tertiary/aromatic N) is 5. The van der Waals surface area contributed by atoms with Gasteiger partial charge in [0, 0.05) is 49.9 Å². The number of carbonyl (C=O) groups is 1. The van der Waals surface area contributed by atoms with E-state index in [1.165, 1.54) is 12.5 Å². The Labute approximate surface area is 263 Å². The normalized spacial score (nSPS) is 18.3. The average molecular weight is 609 g/mol. The molecule has 4 heterocycles. The Balaban J connectivity index is 1.33. The molecule has 3 aromatic rings. The molecule has 5 rings (SSSR count). The zero-order valence-electron chi connectivity index (χ0n) is 25.8. The lowest BCUT2D eigenvalue weighted by atomic mass is 9.85. The van der Waals surface area contributed by atoms with Crippen molar-refractivity contribution in [2.75, 3.05) is 43.5 Å². The first-order chi connectivity index (χ1) is 22.0. The van der Waals surface area contributed by atoms with Crippen LogP contribution in [0.15, 0.2) is 72.2 Å². The number of hydrogen-bond acceptors (Lipinski definition) is 10. The molecule has 11 nitrogen and oxygen atoms in total. The summed E-state index contributed by atoms with van der Waals surface area (Å²) in [6.07, 6.45) is 14.3. The lowest BCUT2D eigenvalue weighted by Gasteiger charge is -2.25. The third-order valence-corrected chi connectivity index (χ3v) is 8.09. The maximum atomic E-state index is 12.4. The van der Waals surface area contributed by atoms with Crippen LogP contribution in [-0.2, 0) is 4.79 Å². The second-order valence-corrected chi connectivity index (χ2v) is 11.2. The molecule has 2 atom stereocenters. The summed E-state index contributed by atoms with van der Waals surface area (Å²) in [6, 6.07) is 7.72. The number of likely N-dealkylation sites (N-methyl/N-ethyl adjacent to an activating group) is 1. The Morgan fingerprint density at radius 2 is 2.20 bits per heavy atom. The van der Waals surface area contributed by atoms with Crippen LogP contribution in [0.5, 0.6) is 11.5 Å². The summed E-state index contributed by atoms with van der Waals surface area (Å²) in [5.74, 6) is 4.24. The molecule has 0 saturated carbocycles. The number of aliphatic imine (C=N–C) groups is 1. The van der Waals surface area contributed by atoms with Crippen LogP contribution in [0, 0.1) is 24.2 Å². The van der Waals surface area contributed by atoms with E-state index in [0.29, 0.717) is 59.8 Å². The van der Waals surface area contributed by atoms with E-state index >= 15 is 0 Å². The molecule has 2 bridgehead atoms. The second-order valence-electron chi connectivity index (χ2n) is 11.2. The van der Waals surface area contributed by atoms with Crippen molar-refractivity contribution in [2.45, 2.75) is 32.6 Å². The molecule has 0 radical (unpaired) electrons. The quantitative estimate of drug-likeness (QED) is 0.0749. The molecule has 1 aromatic carbocycles. The van der Waals surface area contributed by atoms with Gasteiger partial charge in [0.15, 0.2) is 23.2 Å². The highest BCUT2D eigenvalue weighted by molar-refractivity contribution is 5.90. The van der Waals surface area contributed by atoms with Gasteiger partial charge in [-0.1, -0.05) is 12.7 Å². The molecule has 1 fully saturated rings. The van der Waals surface area contributed by atoms with Gasteiger partial charge in [-0.15, -0.1) is 0 Å². The molecular weight excluding hydrogens is 568 g/mol. The number of rotatable bonds is 13. The van der Waals surface area contributed by atoms with Crippen molar-refractivity contribution in [2.24, 2.45) is 16.8 Å². The van der Waals surface area contributed by atoms with Gasteiger partial charge in [0.25, 0.3) is 0 Å². The maximum Gasteiger partial charge on any atom is 0.172 e. The molecule has 2 aliphatic heterocycles. The summed E-state index contributed by atoms with van der Waals surface area (Å²) >= 11 is 0. The summed E-state index contributed by atoms with van der Waals surface area (Å²) in [5.41, 5.74) is 3.10. The Bertz CT molecular complexity index is 1630. The molecule has 0 aliphatic carbocycles. The largest absolute Gasteiger partial charge is 0.489 e. The van der Waals surface area contributed by atoms with E-state index in [1.54, 1.807) is 18.2 Å². The van der Waals surface area contributed by atoms with Crippen molar-refractivity contribution in [3.8, 4) is 11.5 Å². The van der Waals surface area contributed by atoms with Crippen LogP contribution in [0.1, 0.15) is 31.2 Å². The topological polar surface area (TPSA) is 138 Å². The van der Waals surface area contributed by atoms with Crippen LogP contribution in [-0.4, -0.2) is 66.6 Å². The fourth-order valence-electron chi connectivity index (χ4n) is 5.77. The summed E-state index contributed by atoms with van der Waals surface area (Å²) in [5, 5.41) is 13.5. The molecule has 234 valence electrons. The number of pyridine rings is 1. The molecule has 0 amide bonds.